The summed E-state index contributed by atoms with van der Waals surface area (Å²) < 4.78 is 0. The molecule has 0 saturated heterocycles. The second-order valence-electron chi connectivity index (χ2n) is 11.2. The molecule has 0 saturated carbocycles. The summed E-state index contributed by atoms with van der Waals surface area (Å²) >= 11 is 0. The molecular formula is C27H47N5O. The van der Waals surface area contributed by atoms with Gasteiger partial charge in [0.2, 0.25) is 5.95 Å². The van der Waals surface area contributed by atoms with E-state index < -0.39 is 0 Å². The molecule has 0 fully saturated rings. The lowest BCUT2D eigenvalue weighted by Gasteiger charge is -2.42. The van der Waals surface area contributed by atoms with Crippen LogP contribution in [0.2, 0.25) is 0 Å². The van der Waals surface area contributed by atoms with Crippen LogP contribution in [0.4, 0.5) is 5.95 Å². The maximum Gasteiger partial charge on any atom is 0.200 e. The topological polar surface area (TPSA) is 85.0 Å². The number of benzene rings is 1. The number of unbranched alkanes of at least 4 members (excludes halogenated alkanes) is 1. The number of H-pyrrole nitrogens is 1. The third-order valence-corrected chi connectivity index (χ3v) is 6.23. The van der Waals surface area contributed by atoms with E-state index >= 15 is 0 Å². The number of nitrogens with zero attached hydrogens (tertiary/aromatic N) is 1. The zero-order valence-corrected chi connectivity index (χ0v) is 21.9. The molecule has 0 radical (unpaired) electrons. The maximum absolute atomic E-state index is 8.51. The lowest BCUT2D eigenvalue weighted by atomic mass is 9.63. The number of hydroxylamine groups is 1. The van der Waals surface area contributed by atoms with Gasteiger partial charge in [-0.05, 0) is 71.7 Å². The van der Waals surface area contributed by atoms with Gasteiger partial charge in [0.15, 0.2) is 0 Å². The third kappa shape index (κ3) is 8.43. The van der Waals surface area contributed by atoms with Crippen molar-refractivity contribution >= 4 is 5.95 Å². The minimum Gasteiger partial charge on any atom is -0.356 e. The minimum absolute atomic E-state index is 0.212. The van der Waals surface area contributed by atoms with Crippen LogP contribution in [0.5, 0.6) is 0 Å². The number of fused-ring (bicyclic) bond motifs is 1. The molecule has 1 aliphatic carbocycles. The second kappa shape index (κ2) is 12.5. The first-order valence-corrected chi connectivity index (χ1v) is 12.6. The Balaban J connectivity index is 0.000000890. The van der Waals surface area contributed by atoms with Crippen molar-refractivity contribution in [2.24, 2.45) is 5.92 Å². The molecule has 6 nitrogen and oxygen atoms in total. The Morgan fingerprint density at radius 2 is 1.58 bits per heavy atom. The largest absolute Gasteiger partial charge is 0.356 e. The average Bonchev–Trinajstić information content (AvgIpc) is 3.22. The van der Waals surface area contributed by atoms with E-state index in [2.05, 4.69) is 92.7 Å². The van der Waals surface area contributed by atoms with Crippen LogP contribution < -0.4 is 16.1 Å². The van der Waals surface area contributed by atoms with Crippen LogP contribution in [0.3, 0.4) is 0 Å². The van der Waals surface area contributed by atoms with Gasteiger partial charge < -0.3 is 20.8 Å². The van der Waals surface area contributed by atoms with Gasteiger partial charge in [0.05, 0.1) is 11.9 Å². The van der Waals surface area contributed by atoms with E-state index in [1.165, 1.54) is 29.5 Å². The number of rotatable bonds is 10. The number of hydrogen-bond acceptors (Lipinski definition) is 5. The average molecular weight is 458 g/mol. The predicted molar refractivity (Wildman–Crippen MR) is 140 cm³/mol. The van der Waals surface area contributed by atoms with E-state index in [1.807, 2.05) is 6.20 Å². The van der Waals surface area contributed by atoms with Crippen LogP contribution in [-0.4, -0.2) is 41.4 Å². The highest BCUT2D eigenvalue weighted by Crippen LogP contribution is 2.46. The van der Waals surface area contributed by atoms with Crippen LogP contribution in [0, 0.1) is 5.92 Å². The Labute approximate surface area is 201 Å². The highest BCUT2D eigenvalue weighted by Gasteiger charge is 2.37. The van der Waals surface area contributed by atoms with Gasteiger partial charge >= 0.3 is 0 Å². The molecule has 0 aliphatic heterocycles. The van der Waals surface area contributed by atoms with Crippen LogP contribution in [-0.2, 0) is 10.8 Å². The van der Waals surface area contributed by atoms with Crippen LogP contribution in [0.25, 0.3) is 11.3 Å². The van der Waals surface area contributed by atoms with Gasteiger partial charge in [-0.15, -0.1) is 0 Å². The predicted octanol–water partition coefficient (Wildman–Crippen LogP) is 5.85. The molecular weight excluding hydrogens is 410 g/mol. The molecule has 186 valence electrons. The van der Waals surface area contributed by atoms with Crippen molar-refractivity contribution < 1.29 is 5.21 Å². The van der Waals surface area contributed by atoms with Crippen LogP contribution >= 0.6 is 0 Å². The molecule has 1 aromatic carbocycles. The van der Waals surface area contributed by atoms with Crippen molar-refractivity contribution in [2.75, 3.05) is 31.5 Å². The first-order chi connectivity index (χ1) is 15.6. The number of anilines is 1. The Morgan fingerprint density at radius 1 is 0.939 bits per heavy atom. The number of aromatic nitrogens is 2. The van der Waals surface area contributed by atoms with E-state index in [4.69, 9.17) is 5.21 Å². The molecule has 1 aromatic heterocycles. The molecule has 0 spiro atoms. The smallest absolute Gasteiger partial charge is 0.200 e. The summed E-state index contributed by atoms with van der Waals surface area (Å²) in [7, 11) is 0. The number of aromatic amines is 1. The maximum atomic E-state index is 8.51. The quantitative estimate of drug-likeness (QED) is 0.228. The van der Waals surface area contributed by atoms with Crippen molar-refractivity contribution in [1.82, 2.24) is 20.8 Å². The summed E-state index contributed by atoms with van der Waals surface area (Å²) in [6, 6.07) is 6.91. The van der Waals surface area contributed by atoms with Gasteiger partial charge in [-0.1, -0.05) is 60.6 Å². The molecule has 33 heavy (non-hydrogen) atoms. The summed E-state index contributed by atoms with van der Waals surface area (Å²) in [6.45, 7) is 19.1. The van der Waals surface area contributed by atoms with Gasteiger partial charge in [0.1, 0.15) is 0 Å². The fourth-order valence-electron chi connectivity index (χ4n) is 4.17. The van der Waals surface area contributed by atoms with E-state index in [0.29, 0.717) is 6.54 Å². The van der Waals surface area contributed by atoms with Crippen molar-refractivity contribution in [2.45, 2.75) is 85.0 Å². The van der Waals surface area contributed by atoms with Crippen LogP contribution in [0.15, 0.2) is 24.4 Å². The SMILES string of the molecule is CC(C)C.CC1(C)CCC(C)(C)c2cc(-c3cnc(NCCCCNCCNO)[nH]3)ccc21. The lowest BCUT2D eigenvalue weighted by molar-refractivity contribution is 0.167. The Bertz CT molecular complexity index is 838. The molecule has 0 amide bonds. The first kappa shape index (κ1) is 27.4. The Morgan fingerprint density at radius 3 is 2.24 bits per heavy atom. The van der Waals surface area contributed by atoms with Gasteiger partial charge in [-0.25, -0.2) is 10.5 Å². The fourth-order valence-corrected chi connectivity index (χ4v) is 4.17. The van der Waals surface area contributed by atoms with E-state index in [9.17, 15) is 0 Å². The van der Waals surface area contributed by atoms with Crippen molar-refractivity contribution in [1.29, 1.82) is 0 Å². The van der Waals surface area contributed by atoms with Crippen molar-refractivity contribution in [3.05, 3.63) is 35.5 Å². The lowest BCUT2D eigenvalue weighted by Crippen LogP contribution is -2.33. The highest BCUT2D eigenvalue weighted by molar-refractivity contribution is 5.64. The van der Waals surface area contributed by atoms with Gasteiger partial charge in [0, 0.05) is 19.6 Å². The molecule has 1 heterocycles. The molecule has 5 N–H and O–H groups in total. The monoisotopic (exact) mass is 457 g/mol. The zero-order chi connectivity index (χ0) is 24.5. The van der Waals surface area contributed by atoms with E-state index in [-0.39, 0.29) is 10.8 Å². The second-order valence-corrected chi connectivity index (χ2v) is 11.2. The summed E-state index contributed by atoms with van der Waals surface area (Å²) in [4.78, 5) is 7.94. The van der Waals surface area contributed by atoms with Gasteiger partial charge in [-0.2, -0.15) is 0 Å². The minimum atomic E-state index is 0.212. The van der Waals surface area contributed by atoms with Crippen molar-refractivity contribution in [3.63, 3.8) is 0 Å². The highest BCUT2D eigenvalue weighted by atomic mass is 16.5. The number of nitrogens with one attached hydrogen (secondary N) is 4. The first-order valence-electron chi connectivity index (χ1n) is 12.6. The normalized spacial score (nSPS) is 16.2. The molecule has 0 atom stereocenters. The van der Waals surface area contributed by atoms with Gasteiger partial charge in [-0.3, -0.25) is 0 Å². The third-order valence-electron chi connectivity index (χ3n) is 6.23. The Hall–Kier alpha value is -1.89. The molecule has 0 unspecified atom stereocenters. The summed E-state index contributed by atoms with van der Waals surface area (Å²) in [6.07, 6.45) is 6.53. The Kier molecular flexibility index (Phi) is 10.4. The number of imidazole rings is 1. The van der Waals surface area contributed by atoms with E-state index in [0.717, 1.165) is 50.0 Å². The standard InChI is InChI=1S/C23H37N5O.C4H10/c1-22(2)9-10-23(3,4)19-15-17(7-8-18(19)22)20-16-26-21(28-20)25-12-6-5-11-24-13-14-27-29;1-4(2)3/h7-8,15-16,24,27,29H,5-6,9-14H2,1-4H3,(H2,25,26,28);4H,1-3H3. The molecule has 6 heteroatoms. The molecule has 0 bridgehead atoms. The summed E-state index contributed by atoms with van der Waals surface area (Å²) in [5.74, 6) is 1.66. The number of hydrogen-bond donors (Lipinski definition) is 5. The fraction of sp³-hybridized carbons (Fsp3) is 0.667. The van der Waals surface area contributed by atoms with E-state index in [1.54, 1.807) is 0 Å². The van der Waals surface area contributed by atoms with Crippen molar-refractivity contribution in [3.8, 4) is 11.3 Å². The zero-order valence-electron chi connectivity index (χ0n) is 21.9. The molecule has 1 aliphatic rings. The molecule has 2 aromatic rings. The summed E-state index contributed by atoms with van der Waals surface area (Å²) in [5.41, 5.74) is 7.82. The summed E-state index contributed by atoms with van der Waals surface area (Å²) in [5, 5.41) is 15.2. The van der Waals surface area contributed by atoms with Crippen LogP contribution in [0.1, 0.15) is 85.3 Å². The molecule has 3 rings (SSSR count). The van der Waals surface area contributed by atoms with Gasteiger partial charge in [0.25, 0.3) is 0 Å².